The molecule has 2 aromatic carbocycles. The third-order valence-electron chi connectivity index (χ3n) is 6.83. The first-order valence-corrected chi connectivity index (χ1v) is 12.8. The van der Waals surface area contributed by atoms with Gasteiger partial charge in [0.25, 0.3) is 5.56 Å². The molecule has 0 unspecified atom stereocenters. The average Bonchev–Trinajstić information content (AvgIpc) is 3.63. The van der Waals surface area contributed by atoms with E-state index in [1.165, 1.54) is 12.1 Å². The van der Waals surface area contributed by atoms with E-state index in [4.69, 9.17) is 13.9 Å². The maximum atomic E-state index is 13.7. The van der Waals surface area contributed by atoms with Crippen molar-refractivity contribution in [2.45, 2.75) is 39.0 Å². The molecule has 0 bridgehead atoms. The normalized spacial score (nSPS) is 13.7. The Balaban J connectivity index is 1.37. The van der Waals surface area contributed by atoms with Gasteiger partial charge in [0.05, 0.1) is 17.8 Å². The van der Waals surface area contributed by atoms with Gasteiger partial charge in [0, 0.05) is 30.1 Å². The number of rotatable bonds is 9. The summed E-state index contributed by atoms with van der Waals surface area (Å²) in [4.78, 5) is 18.4. The monoisotopic (exact) mass is 530 g/mol. The summed E-state index contributed by atoms with van der Waals surface area (Å²) in [5.74, 6) is 2.33. The van der Waals surface area contributed by atoms with E-state index in [-0.39, 0.29) is 17.4 Å². The van der Waals surface area contributed by atoms with Gasteiger partial charge in [-0.1, -0.05) is 19.1 Å². The molecule has 1 aliphatic rings. The summed E-state index contributed by atoms with van der Waals surface area (Å²) in [5.41, 5.74) is 1.95. The second-order valence-electron chi connectivity index (χ2n) is 9.44. The minimum absolute atomic E-state index is 0.201. The molecule has 5 aromatic rings. The number of hydrogen-bond acceptors (Lipinski definition) is 8. The van der Waals surface area contributed by atoms with Crippen LogP contribution in [0.2, 0.25) is 0 Å². The summed E-state index contributed by atoms with van der Waals surface area (Å²) < 4.78 is 32.3. The molecule has 0 aliphatic carbocycles. The molecular formula is C28H27FN6O4. The number of ether oxygens (including phenoxy) is 2. The SMILES string of the molecule is CC[C@@H](c1nnnn1Cc1ccco1)N(Cc1ccc(F)cc1)Cc1cc2cc3c(cc2[nH]c1=O)OCCO3. The third kappa shape index (κ3) is 5.26. The molecule has 39 heavy (non-hydrogen) atoms. The Morgan fingerprint density at radius 3 is 2.62 bits per heavy atom. The van der Waals surface area contributed by atoms with Crippen LogP contribution in [-0.4, -0.2) is 43.3 Å². The van der Waals surface area contributed by atoms with Gasteiger partial charge in [0.2, 0.25) is 0 Å². The lowest BCUT2D eigenvalue weighted by Crippen LogP contribution is -2.32. The van der Waals surface area contributed by atoms with Gasteiger partial charge < -0.3 is 18.9 Å². The van der Waals surface area contributed by atoms with Crippen LogP contribution in [0.4, 0.5) is 4.39 Å². The molecule has 1 N–H and O–H groups in total. The van der Waals surface area contributed by atoms with Crippen molar-refractivity contribution in [1.29, 1.82) is 0 Å². The van der Waals surface area contributed by atoms with Gasteiger partial charge in [0.1, 0.15) is 31.3 Å². The quantitative estimate of drug-likeness (QED) is 0.302. The molecule has 4 heterocycles. The Hall–Kier alpha value is -4.51. The van der Waals surface area contributed by atoms with Crippen LogP contribution in [0.3, 0.4) is 0 Å². The zero-order valence-corrected chi connectivity index (χ0v) is 21.3. The van der Waals surface area contributed by atoms with E-state index < -0.39 is 0 Å². The highest BCUT2D eigenvalue weighted by atomic mass is 19.1. The van der Waals surface area contributed by atoms with Crippen LogP contribution in [0.1, 0.15) is 42.1 Å². The molecule has 0 spiro atoms. The first-order chi connectivity index (χ1) is 19.1. The van der Waals surface area contributed by atoms with Crippen molar-refractivity contribution in [1.82, 2.24) is 30.1 Å². The molecule has 0 fully saturated rings. The Morgan fingerprint density at radius 2 is 1.87 bits per heavy atom. The smallest absolute Gasteiger partial charge is 0.252 e. The molecule has 200 valence electrons. The highest BCUT2D eigenvalue weighted by Gasteiger charge is 2.27. The van der Waals surface area contributed by atoms with Gasteiger partial charge in [-0.3, -0.25) is 9.69 Å². The number of hydrogen-bond donors (Lipinski definition) is 1. The second-order valence-corrected chi connectivity index (χ2v) is 9.44. The summed E-state index contributed by atoms with van der Waals surface area (Å²) in [5, 5.41) is 13.3. The van der Waals surface area contributed by atoms with E-state index in [2.05, 4.69) is 25.4 Å². The number of nitrogens with zero attached hydrogens (tertiary/aromatic N) is 5. The maximum absolute atomic E-state index is 13.7. The first kappa shape index (κ1) is 24.8. The van der Waals surface area contributed by atoms with Crippen LogP contribution in [0.15, 0.2) is 70.1 Å². The summed E-state index contributed by atoms with van der Waals surface area (Å²) in [7, 11) is 0. The summed E-state index contributed by atoms with van der Waals surface area (Å²) in [6, 6.07) is 15.4. The van der Waals surface area contributed by atoms with Gasteiger partial charge >= 0.3 is 0 Å². The van der Waals surface area contributed by atoms with Gasteiger partial charge in [-0.2, -0.15) is 0 Å². The number of fused-ring (bicyclic) bond motifs is 2. The zero-order valence-electron chi connectivity index (χ0n) is 21.3. The predicted molar refractivity (Wildman–Crippen MR) is 140 cm³/mol. The number of aromatic nitrogens is 5. The minimum atomic E-state index is -0.305. The summed E-state index contributed by atoms with van der Waals surface area (Å²) >= 11 is 0. The maximum Gasteiger partial charge on any atom is 0.252 e. The van der Waals surface area contributed by atoms with Crippen LogP contribution in [-0.2, 0) is 19.6 Å². The van der Waals surface area contributed by atoms with Crippen molar-refractivity contribution < 1.29 is 18.3 Å². The molecule has 0 saturated heterocycles. The van der Waals surface area contributed by atoms with Crippen LogP contribution < -0.4 is 15.0 Å². The van der Waals surface area contributed by atoms with Crippen LogP contribution in [0.5, 0.6) is 11.5 Å². The Labute approximate surface area is 223 Å². The van der Waals surface area contributed by atoms with Gasteiger partial charge in [-0.05, 0) is 58.8 Å². The molecule has 6 rings (SSSR count). The van der Waals surface area contributed by atoms with E-state index >= 15 is 0 Å². The minimum Gasteiger partial charge on any atom is -0.486 e. The molecule has 0 saturated carbocycles. The van der Waals surface area contributed by atoms with Crippen molar-refractivity contribution in [3.05, 3.63) is 99.7 Å². The lowest BCUT2D eigenvalue weighted by Gasteiger charge is -2.30. The number of tetrazole rings is 1. The molecular weight excluding hydrogens is 503 g/mol. The van der Waals surface area contributed by atoms with Gasteiger partial charge in [-0.15, -0.1) is 5.10 Å². The van der Waals surface area contributed by atoms with E-state index in [9.17, 15) is 9.18 Å². The number of benzene rings is 2. The predicted octanol–water partition coefficient (Wildman–Crippen LogP) is 4.22. The van der Waals surface area contributed by atoms with Gasteiger partial charge in [-0.25, -0.2) is 9.07 Å². The topological polar surface area (TPSA) is 111 Å². The average molecular weight is 531 g/mol. The standard InChI is InChI=1S/C28H27FN6O4/c1-2-24(27-31-32-33-35(27)17-22-4-3-9-37-22)34(15-18-5-7-21(29)8-6-18)16-20-12-19-13-25-26(39-11-10-38-25)14-23(19)30-28(20)36/h3-9,12-14,24H,2,10-11,15-17H2,1H3,(H,30,36)/t24-/m0/s1. The largest absolute Gasteiger partial charge is 0.486 e. The van der Waals surface area contributed by atoms with Crippen LogP contribution in [0.25, 0.3) is 10.9 Å². The molecule has 3 aromatic heterocycles. The summed E-state index contributed by atoms with van der Waals surface area (Å²) in [6.07, 6.45) is 2.28. The van der Waals surface area contributed by atoms with E-state index in [0.717, 1.165) is 16.7 Å². The van der Waals surface area contributed by atoms with Gasteiger partial charge in [0.15, 0.2) is 17.3 Å². The van der Waals surface area contributed by atoms with Crippen LogP contribution in [0, 0.1) is 5.82 Å². The molecule has 0 amide bonds. The Kier molecular flexibility index (Phi) is 6.80. The van der Waals surface area contributed by atoms with E-state index in [0.29, 0.717) is 67.7 Å². The van der Waals surface area contributed by atoms with E-state index in [1.54, 1.807) is 29.1 Å². The first-order valence-electron chi connectivity index (χ1n) is 12.8. The number of H-pyrrole nitrogens is 1. The Bertz CT molecular complexity index is 1630. The van der Waals surface area contributed by atoms with Crippen LogP contribution >= 0.6 is 0 Å². The Morgan fingerprint density at radius 1 is 1.08 bits per heavy atom. The number of pyridine rings is 1. The zero-order chi connectivity index (χ0) is 26.8. The summed E-state index contributed by atoms with van der Waals surface area (Å²) in [6.45, 7) is 4.12. The lowest BCUT2D eigenvalue weighted by molar-refractivity contribution is 0.161. The van der Waals surface area contributed by atoms with Crippen molar-refractivity contribution in [2.75, 3.05) is 13.2 Å². The fraction of sp³-hybridized carbons (Fsp3) is 0.286. The molecule has 0 radical (unpaired) electrons. The molecule has 1 atom stereocenters. The highest BCUT2D eigenvalue weighted by Crippen LogP contribution is 2.34. The molecule has 10 nitrogen and oxygen atoms in total. The second kappa shape index (κ2) is 10.7. The van der Waals surface area contributed by atoms with Crippen molar-refractivity contribution in [3.63, 3.8) is 0 Å². The molecule has 11 heteroatoms. The van der Waals surface area contributed by atoms with E-state index in [1.807, 2.05) is 31.2 Å². The lowest BCUT2D eigenvalue weighted by atomic mass is 10.1. The third-order valence-corrected chi connectivity index (χ3v) is 6.83. The fourth-order valence-corrected chi connectivity index (χ4v) is 4.94. The number of halogens is 1. The van der Waals surface area contributed by atoms with Crippen molar-refractivity contribution in [2.24, 2.45) is 0 Å². The highest BCUT2D eigenvalue weighted by molar-refractivity contribution is 5.83. The fourth-order valence-electron chi connectivity index (χ4n) is 4.94. The van der Waals surface area contributed by atoms with Crippen molar-refractivity contribution in [3.8, 4) is 11.5 Å². The number of aromatic amines is 1. The molecule has 1 aliphatic heterocycles. The number of nitrogens with one attached hydrogen (secondary N) is 1. The van der Waals surface area contributed by atoms with Crippen molar-refractivity contribution >= 4 is 10.9 Å². The number of furan rings is 1.